The van der Waals surface area contributed by atoms with Gasteiger partial charge in [-0.05, 0) is 56.9 Å². The van der Waals surface area contributed by atoms with Crippen LogP contribution in [0.2, 0.25) is 0 Å². The van der Waals surface area contributed by atoms with E-state index >= 15 is 0 Å². The smallest absolute Gasteiger partial charge is 0.164 e. The van der Waals surface area contributed by atoms with Gasteiger partial charge in [-0.3, -0.25) is 0 Å². The highest BCUT2D eigenvalue weighted by molar-refractivity contribution is 7.26. The number of hydrogen-bond donors (Lipinski definition) is 0. The highest BCUT2D eigenvalue weighted by atomic mass is 32.1. The van der Waals surface area contributed by atoms with E-state index in [4.69, 9.17) is 19.9 Å². The van der Waals surface area contributed by atoms with Crippen LogP contribution in [0.4, 0.5) is 0 Å². The minimum Gasteiger partial charge on any atom is -0.247 e. The molecule has 5 heteroatoms. The third kappa shape index (κ3) is 5.36. The average molecular weight is 719 g/mol. The molecular formula is C50H30N4S. The van der Waals surface area contributed by atoms with Gasteiger partial charge >= 0.3 is 0 Å². The largest absolute Gasteiger partial charge is 0.247 e. The van der Waals surface area contributed by atoms with Gasteiger partial charge in [0.2, 0.25) is 0 Å². The standard InChI is InChI=1S/C50H30N4S/c1-2-13-32(14-3-1)48-52-49(33-27-25-31(26-28-33)46-45-41-22-9-11-24-44(41)55-47(45)40-21-8-10-23-43(40)51-46)54-50(53-48)36-17-12-16-34(29-36)42-30-35-15-4-5-18-37(35)38-19-6-7-20-39(38)42/h1-30H. The second-order valence-corrected chi connectivity index (χ2v) is 14.9. The summed E-state index contributed by atoms with van der Waals surface area (Å²) < 4.78 is 2.52. The highest BCUT2D eigenvalue weighted by Crippen LogP contribution is 2.43. The van der Waals surface area contributed by atoms with E-state index in [1.165, 1.54) is 52.7 Å². The minimum absolute atomic E-state index is 0.620. The van der Waals surface area contributed by atoms with Crippen LogP contribution in [0, 0.1) is 0 Å². The number of hydrogen-bond acceptors (Lipinski definition) is 5. The molecule has 0 spiro atoms. The van der Waals surface area contributed by atoms with Crippen molar-refractivity contribution >= 4 is 64.0 Å². The summed E-state index contributed by atoms with van der Waals surface area (Å²) in [6, 6.07) is 63.8. The molecule has 55 heavy (non-hydrogen) atoms. The quantitative estimate of drug-likeness (QED) is 0.166. The van der Waals surface area contributed by atoms with Crippen LogP contribution in [0.25, 0.3) is 109 Å². The minimum atomic E-state index is 0.620. The first kappa shape index (κ1) is 31.4. The number of nitrogens with zero attached hydrogens (tertiary/aromatic N) is 4. The molecule has 0 atom stereocenters. The number of fused-ring (bicyclic) bond motifs is 8. The molecule has 11 rings (SSSR count). The maximum Gasteiger partial charge on any atom is 0.164 e. The predicted molar refractivity (Wildman–Crippen MR) is 230 cm³/mol. The molecule has 0 N–H and O–H groups in total. The Hall–Kier alpha value is -7.08. The topological polar surface area (TPSA) is 51.6 Å². The molecule has 4 nitrogen and oxygen atoms in total. The summed E-state index contributed by atoms with van der Waals surface area (Å²) in [4.78, 5) is 20.5. The van der Waals surface area contributed by atoms with Gasteiger partial charge in [0.05, 0.1) is 11.2 Å². The Bertz CT molecular complexity index is 3260. The fraction of sp³-hybridized carbons (Fsp3) is 0. The van der Waals surface area contributed by atoms with Crippen molar-refractivity contribution in [2.45, 2.75) is 0 Å². The Morgan fingerprint density at radius 2 is 0.909 bits per heavy atom. The van der Waals surface area contributed by atoms with Gasteiger partial charge in [-0.2, -0.15) is 0 Å². The summed E-state index contributed by atoms with van der Waals surface area (Å²) in [5.74, 6) is 1.88. The van der Waals surface area contributed by atoms with Crippen molar-refractivity contribution in [2.24, 2.45) is 0 Å². The van der Waals surface area contributed by atoms with Gasteiger partial charge in [0.15, 0.2) is 17.5 Å². The fourth-order valence-electron chi connectivity index (χ4n) is 7.87. The molecule has 0 saturated heterocycles. The van der Waals surface area contributed by atoms with Crippen LogP contribution in [-0.2, 0) is 0 Å². The fourth-order valence-corrected chi connectivity index (χ4v) is 9.10. The van der Waals surface area contributed by atoms with Crippen LogP contribution in [-0.4, -0.2) is 19.9 Å². The molecule has 0 fully saturated rings. The first-order valence-electron chi connectivity index (χ1n) is 18.4. The Morgan fingerprint density at radius 3 is 1.71 bits per heavy atom. The van der Waals surface area contributed by atoms with Crippen molar-refractivity contribution in [3.05, 3.63) is 182 Å². The SMILES string of the molecule is c1ccc(-c2nc(-c3ccc(-c4nc5ccccc5c5sc6ccccc6c45)cc3)nc(-c3cccc(-c4cc5ccccc5c5ccccc45)c3)n2)cc1. The van der Waals surface area contributed by atoms with E-state index in [2.05, 4.69) is 152 Å². The van der Waals surface area contributed by atoms with E-state index in [-0.39, 0.29) is 0 Å². The molecule has 0 radical (unpaired) electrons. The van der Waals surface area contributed by atoms with E-state index in [0.717, 1.165) is 39.0 Å². The van der Waals surface area contributed by atoms with E-state index in [9.17, 15) is 0 Å². The number of para-hydroxylation sites is 1. The monoisotopic (exact) mass is 718 g/mol. The summed E-state index contributed by atoms with van der Waals surface area (Å²) in [6.07, 6.45) is 0. The van der Waals surface area contributed by atoms with E-state index in [0.29, 0.717) is 17.5 Å². The van der Waals surface area contributed by atoms with Crippen LogP contribution in [0.3, 0.4) is 0 Å². The zero-order valence-electron chi connectivity index (χ0n) is 29.5. The maximum atomic E-state index is 5.24. The third-order valence-electron chi connectivity index (χ3n) is 10.5. The number of pyridine rings is 1. The highest BCUT2D eigenvalue weighted by Gasteiger charge is 2.18. The van der Waals surface area contributed by atoms with E-state index in [1.807, 2.05) is 41.7 Å². The lowest BCUT2D eigenvalue weighted by Crippen LogP contribution is -2.00. The van der Waals surface area contributed by atoms with Crippen molar-refractivity contribution in [1.82, 2.24) is 19.9 Å². The molecule has 0 aliphatic rings. The van der Waals surface area contributed by atoms with Crippen LogP contribution < -0.4 is 0 Å². The van der Waals surface area contributed by atoms with Gasteiger partial charge < -0.3 is 0 Å². The summed E-state index contributed by atoms with van der Waals surface area (Å²) >= 11 is 1.83. The number of rotatable bonds is 5. The van der Waals surface area contributed by atoms with Crippen LogP contribution in [0.1, 0.15) is 0 Å². The molecule has 11 aromatic rings. The molecule has 0 saturated carbocycles. The molecule has 3 heterocycles. The lowest BCUT2D eigenvalue weighted by atomic mass is 9.92. The zero-order chi connectivity index (χ0) is 36.3. The number of aromatic nitrogens is 4. The van der Waals surface area contributed by atoms with Gasteiger partial charge in [-0.1, -0.05) is 158 Å². The molecule has 256 valence electrons. The van der Waals surface area contributed by atoms with Crippen molar-refractivity contribution < 1.29 is 0 Å². The molecular weight excluding hydrogens is 689 g/mol. The van der Waals surface area contributed by atoms with Crippen LogP contribution in [0.15, 0.2) is 182 Å². The first-order valence-corrected chi connectivity index (χ1v) is 19.2. The molecule has 0 bridgehead atoms. The van der Waals surface area contributed by atoms with E-state index in [1.54, 1.807) is 0 Å². The number of benzene rings is 8. The van der Waals surface area contributed by atoms with Crippen molar-refractivity contribution in [3.63, 3.8) is 0 Å². The molecule has 8 aromatic carbocycles. The van der Waals surface area contributed by atoms with Crippen LogP contribution in [0.5, 0.6) is 0 Å². The van der Waals surface area contributed by atoms with Crippen LogP contribution >= 0.6 is 11.3 Å². The van der Waals surface area contributed by atoms with Gasteiger partial charge in [0, 0.05) is 47.8 Å². The third-order valence-corrected chi connectivity index (χ3v) is 11.7. The van der Waals surface area contributed by atoms with Crippen molar-refractivity contribution in [3.8, 4) is 56.5 Å². The zero-order valence-corrected chi connectivity index (χ0v) is 30.3. The first-order chi connectivity index (χ1) is 27.2. The summed E-state index contributed by atoms with van der Waals surface area (Å²) in [6.45, 7) is 0. The van der Waals surface area contributed by atoms with Crippen molar-refractivity contribution in [1.29, 1.82) is 0 Å². The van der Waals surface area contributed by atoms with Gasteiger partial charge in [0.25, 0.3) is 0 Å². The van der Waals surface area contributed by atoms with Gasteiger partial charge in [-0.25, -0.2) is 19.9 Å². The molecule has 0 amide bonds. The Labute approximate surface area is 321 Å². The Morgan fingerprint density at radius 1 is 0.345 bits per heavy atom. The van der Waals surface area contributed by atoms with E-state index < -0.39 is 0 Å². The summed E-state index contributed by atoms with van der Waals surface area (Å²) in [7, 11) is 0. The lowest BCUT2D eigenvalue weighted by Gasteiger charge is -2.13. The van der Waals surface area contributed by atoms with Gasteiger partial charge in [0.1, 0.15) is 0 Å². The van der Waals surface area contributed by atoms with Gasteiger partial charge in [-0.15, -0.1) is 11.3 Å². The molecule has 0 unspecified atom stereocenters. The lowest BCUT2D eigenvalue weighted by molar-refractivity contribution is 1.07. The molecule has 3 aromatic heterocycles. The Balaban J connectivity index is 1.05. The number of thiophene rings is 1. The summed E-state index contributed by atoms with van der Waals surface area (Å²) in [5, 5.41) is 8.53. The summed E-state index contributed by atoms with van der Waals surface area (Å²) in [5.41, 5.74) is 8.10. The average Bonchev–Trinajstić information content (AvgIpc) is 3.66. The molecule has 0 aliphatic carbocycles. The molecule has 0 aliphatic heterocycles. The second-order valence-electron chi connectivity index (χ2n) is 13.8. The predicted octanol–water partition coefficient (Wildman–Crippen LogP) is 13.4. The van der Waals surface area contributed by atoms with Crippen molar-refractivity contribution in [2.75, 3.05) is 0 Å². The normalized spacial score (nSPS) is 11.6. The second kappa shape index (κ2) is 12.8. The Kier molecular flexibility index (Phi) is 7.32. The maximum absolute atomic E-state index is 5.24.